The van der Waals surface area contributed by atoms with Gasteiger partial charge in [-0.3, -0.25) is 9.40 Å². The molecule has 0 spiro atoms. The van der Waals surface area contributed by atoms with Gasteiger partial charge >= 0.3 is 0 Å². The Labute approximate surface area is 165 Å². The van der Waals surface area contributed by atoms with Crippen LogP contribution in [0.3, 0.4) is 0 Å². The van der Waals surface area contributed by atoms with Gasteiger partial charge in [-0.05, 0) is 20.8 Å². The molecule has 3 rings (SSSR count). The highest BCUT2D eigenvalue weighted by atomic mass is 32.2. The molecule has 28 heavy (non-hydrogen) atoms. The lowest BCUT2D eigenvalue weighted by atomic mass is 10.4. The fourth-order valence-corrected chi connectivity index (χ4v) is 4.73. The second-order valence-corrected chi connectivity index (χ2v) is 8.44. The average Bonchev–Trinajstić information content (AvgIpc) is 2.96. The van der Waals surface area contributed by atoms with Crippen LogP contribution in [0.2, 0.25) is 0 Å². The van der Waals surface area contributed by atoms with E-state index in [2.05, 4.69) is 19.8 Å². The van der Waals surface area contributed by atoms with Crippen molar-refractivity contribution in [3.05, 3.63) is 17.6 Å². The molecule has 2 aromatic heterocycles. The Morgan fingerprint density at radius 2 is 1.93 bits per heavy atom. The summed E-state index contributed by atoms with van der Waals surface area (Å²) in [4.78, 5) is 12.9. The summed E-state index contributed by atoms with van der Waals surface area (Å²) in [7, 11) is -0.203. The standard InChI is InChI=1S/C17H27N7O3S/c1-6-24-13(3)15(12(2)20-24)28(25,26)21-14-11-18-17(19-16(14)22(4)5)23-7-9-27-10-8-23/h11,21H,6-10H2,1-5H3. The van der Waals surface area contributed by atoms with Crippen molar-refractivity contribution in [3.63, 3.8) is 0 Å². The van der Waals surface area contributed by atoms with Crippen molar-refractivity contribution in [1.29, 1.82) is 0 Å². The zero-order chi connectivity index (χ0) is 20.5. The Bertz CT molecular complexity index is 950. The first-order valence-corrected chi connectivity index (χ1v) is 10.7. The number of aromatic nitrogens is 4. The Kier molecular flexibility index (Phi) is 5.75. The minimum atomic E-state index is -3.83. The maximum absolute atomic E-state index is 13.1. The first kappa shape index (κ1) is 20.3. The van der Waals surface area contributed by atoms with Crippen LogP contribution < -0.4 is 14.5 Å². The van der Waals surface area contributed by atoms with Crippen molar-refractivity contribution in [2.75, 3.05) is 54.9 Å². The van der Waals surface area contributed by atoms with Gasteiger partial charge in [0.05, 0.1) is 30.8 Å². The Balaban J connectivity index is 1.96. The summed E-state index contributed by atoms with van der Waals surface area (Å²) in [5.41, 5.74) is 1.39. The van der Waals surface area contributed by atoms with Gasteiger partial charge in [-0.15, -0.1) is 0 Å². The molecule has 0 saturated carbocycles. The minimum Gasteiger partial charge on any atom is -0.378 e. The largest absolute Gasteiger partial charge is 0.378 e. The van der Waals surface area contributed by atoms with Crippen molar-refractivity contribution < 1.29 is 13.2 Å². The van der Waals surface area contributed by atoms with Gasteiger partial charge in [0.15, 0.2) is 5.82 Å². The molecule has 1 N–H and O–H groups in total. The van der Waals surface area contributed by atoms with Crippen LogP contribution in [-0.4, -0.2) is 68.6 Å². The lowest BCUT2D eigenvalue weighted by molar-refractivity contribution is 0.122. The topological polar surface area (TPSA) is 105 Å². The Hall–Kier alpha value is -2.40. The van der Waals surface area contributed by atoms with Crippen molar-refractivity contribution in [1.82, 2.24) is 19.7 Å². The maximum Gasteiger partial charge on any atom is 0.265 e. The number of rotatable bonds is 6. The van der Waals surface area contributed by atoms with Gasteiger partial charge in [-0.2, -0.15) is 10.1 Å². The van der Waals surface area contributed by atoms with E-state index in [1.807, 2.05) is 25.9 Å². The molecule has 0 aliphatic carbocycles. The van der Waals surface area contributed by atoms with Crippen LogP contribution in [0.4, 0.5) is 17.5 Å². The molecular formula is C17H27N7O3S. The van der Waals surface area contributed by atoms with Crippen LogP contribution >= 0.6 is 0 Å². The number of anilines is 3. The third-order valence-corrected chi connectivity index (χ3v) is 6.22. The molecule has 1 aliphatic heterocycles. The fraction of sp³-hybridized carbons (Fsp3) is 0.588. The summed E-state index contributed by atoms with van der Waals surface area (Å²) in [6.07, 6.45) is 1.51. The Morgan fingerprint density at radius 1 is 1.25 bits per heavy atom. The third kappa shape index (κ3) is 3.90. The van der Waals surface area contributed by atoms with Gasteiger partial charge in [0.1, 0.15) is 10.6 Å². The molecule has 2 aromatic rings. The molecule has 10 nitrogen and oxygen atoms in total. The lowest BCUT2D eigenvalue weighted by Crippen LogP contribution is -2.37. The zero-order valence-electron chi connectivity index (χ0n) is 16.9. The van der Waals surface area contributed by atoms with Crippen molar-refractivity contribution >= 4 is 27.5 Å². The average molecular weight is 410 g/mol. The lowest BCUT2D eigenvalue weighted by Gasteiger charge is -2.28. The second-order valence-electron chi connectivity index (χ2n) is 6.82. The highest BCUT2D eigenvalue weighted by molar-refractivity contribution is 7.92. The molecule has 1 aliphatic rings. The molecule has 0 radical (unpaired) electrons. The van der Waals surface area contributed by atoms with E-state index in [1.165, 1.54) is 6.20 Å². The van der Waals surface area contributed by atoms with Gasteiger partial charge in [-0.1, -0.05) is 0 Å². The first-order chi connectivity index (χ1) is 13.2. The summed E-state index contributed by atoms with van der Waals surface area (Å²) in [6.45, 7) is 8.61. The number of aryl methyl sites for hydroxylation is 2. The molecule has 0 aromatic carbocycles. The molecule has 11 heteroatoms. The molecule has 1 fully saturated rings. The zero-order valence-corrected chi connectivity index (χ0v) is 17.7. The number of ether oxygens (including phenoxy) is 1. The monoisotopic (exact) mass is 409 g/mol. The normalized spacial score (nSPS) is 15.0. The van der Waals surface area contributed by atoms with E-state index in [0.29, 0.717) is 61.7 Å². The van der Waals surface area contributed by atoms with Gasteiger partial charge in [-0.25, -0.2) is 13.4 Å². The van der Waals surface area contributed by atoms with E-state index in [4.69, 9.17) is 4.74 Å². The third-order valence-electron chi connectivity index (χ3n) is 4.60. The number of sulfonamides is 1. The first-order valence-electron chi connectivity index (χ1n) is 9.18. The van der Waals surface area contributed by atoms with Gasteiger partial charge in [0.25, 0.3) is 10.0 Å². The van der Waals surface area contributed by atoms with Crippen LogP contribution in [0.1, 0.15) is 18.3 Å². The number of hydrogen-bond acceptors (Lipinski definition) is 8. The van der Waals surface area contributed by atoms with E-state index >= 15 is 0 Å². The molecule has 154 valence electrons. The minimum absolute atomic E-state index is 0.191. The van der Waals surface area contributed by atoms with Gasteiger partial charge in [0, 0.05) is 33.7 Å². The van der Waals surface area contributed by atoms with Crippen LogP contribution in [0.25, 0.3) is 0 Å². The van der Waals surface area contributed by atoms with E-state index in [-0.39, 0.29) is 4.90 Å². The Morgan fingerprint density at radius 3 is 2.50 bits per heavy atom. The van der Waals surface area contributed by atoms with E-state index in [9.17, 15) is 8.42 Å². The van der Waals surface area contributed by atoms with Gasteiger partial charge < -0.3 is 14.5 Å². The summed E-state index contributed by atoms with van der Waals surface area (Å²) in [6, 6.07) is 0. The summed E-state index contributed by atoms with van der Waals surface area (Å²) >= 11 is 0. The molecular weight excluding hydrogens is 382 g/mol. The number of nitrogens with one attached hydrogen (secondary N) is 1. The highest BCUT2D eigenvalue weighted by Crippen LogP contribution is 2.28. The molecule has 0 atom stereocenters. The number of morpholine rings is 1. The number of hydrogen-bond donors (Lipinski definition) is 1. The van der Waals surface area contributed by atoms with Crippen molar-refractivity contribution in [2.45, 2.75) is 32.2 Å². The predicted octanol–water partition coefficient (Wildman–Crippen LogP) is 1.01. The van der Waals surface area contributed by atoms with Crippen LogP contribution in [-0.2, 0) is 21.3 Å². The van der Waals surface area contributed by atoms with Crippen molar-refractivity contribution in [3.8, 4) is 0 Å². The van der Waals surface area contributed by atoms with Crippen LogP contribution in [0.15, 0.2) is 11.1 Å². The SMILES string of the molecule is CCn1nc(C)c(S(=O)(=O)Nc2cnc(N3CCOCC3)nc2N(C)C)c1C. The summed E-state index contributed by atoms with van der Waals surface area (Å²) in [5, 5.41) is 4.31. The molecule has 3 heterocycles. The van der Waals surface area contributed by atoms with Crippen LogP contribution in [0.5, 0.6) is 0 Å². The molecule has 0 amide bonds. The smallest absolute Gasteiger partial charge is 0.265 e. The molecule has 1 saturated heterocycles. The predicted molar refractivity (Wildman–Crippen MR) is 108 cm³/mol. The fourth-order valence-electron chi connectivity index (χ4n) is 3.27. The second kappa shape index (κ2) is 7.92. The molecule has 0 unspecified atom stereocenters. The quantitative estimate of drug-likeness (QED) is 0.754. The summed E-state index contributed by atoms with van der Waals surface area (Å²) < 4.78 is 35.8. The van der Waals surface area contributed by atoms with Crippen LogP contribution in [0, 0.1) is 13.8 Å². The van der Waals surface area contributed by atoms with E-state index < -0.39 is 10.0 Å². The van der Waals surface area contributed by atoms with E-state index in [1.54, 1.807) is 23.4 Å². The highest BCUT2D eigenvalue weighted by Gasteiger charge is 2.26. The number of nitrogens with zero attached hydrogens (tertiary/aromatic N) is 6. The van der Waals surface area contributed by atoms with Crippen molar-refractivity contribution in [2.24, 2.45) is 0 Å². The summed E-state index contributed by atoms with van der Waals surface area (Å²) in [5.74, 6) is 1.05. The van der Waals surface area contributed by atoms with Gasteiger partial charge in [0.2, 0.25) is 5.95 Å². The van der Waals surface area contributed by atoms with E-state index in [0.717, 1.165) is 0 Å². The maximum atomic E-state index is 13.1. The molecule has 0 bridgehead atoms.